The highest BCUT2D eigenvalue weighted by molar-refractivity contribution is 5.90. The van der Waals surface area contributed by atoms with Crippen LogP contribution in [0.1, 0.15) is 59.4 Å². The number of nitrogens with two attached hydrogens (primary N) is 1. The van der Waals surface area contributed by atoms with Crippen LogP contribution in [-0.4, -0.2) is 84.0 Å². The minimum absolute atomic E-state index is 0.0208. The van der Waals surface area contributed by atoms with Crippen molar-refractivity contribution < 1.29 is 19.2 Å². The van der Waals surface area contributed by atoms with Gasteiger partial charge in [0.2, 0.25) is 18.2 Å². The Morgan fingerprint density at radius 2 is 1.83 bits per heavy atom. The van der Waals surface area contributed by atoms with Crippen LogP contribution in [0.5, 0.6) is 5.75 Å². The lowest BCUT2D eigenvalue weighted by atomic mass is 10.0. The Balaban J connectivity index is 0.000000417. The first kappa shape index (κ1) is 31.3. The first-order chi connectivity index (χ1) is 17.3. The van der Waals surface area contributed by atoms with Crippen LogP contribution >= 0.6 is 0 Å². The van der Waals surface area contributed by atoms with Gasteiger partial charge in [0.1, 0.15) is 18.0 Å². The Hall–Kier alpha value is -2.69. The van der Waals surface area contributed by atoms with Crippen molar-refractivity contribution in [2.24, 2.45) is 11.8 Å². The maximum atomic E-state index is 12.8. The van der Waals surface area contributed by atoms with E-state index in [0.717, 1.165) is 25.8 Å². The lowest BCUT2D eigenvalue weighted by Gasteiger charge is -2.53. The van der Waals surface area contributed by atoms with Gasteiger partial charge in [-0.25, -0.2) is 5.01 Å². The average Bonchev–Trinajstić information content (AvgIpc) is 2.87. The summed E-state index contributed by atoms with van der Waals surface area (Å²) in [7, 11) is 3.64. The van der Waals surface area contributed by atoms with Gasteiger partial charge >= 0.3 is 0 Å². The lowest BCUT2D eigenvalue weighted by Crippen LogP contribution is -2.74. The van der Waals surface area contributed by atoms with Crippen LogP contribution in [0.15, 0.2) is 24.3 Å². The maximum Gasteiger partial charge on any atom is 0.245 e. The number of benzene rings is 1. The number of rotatable bonds is 9. The van der Waals surface area contributed by atoms with Gasteiger partial charge in [-0.2, -0.15) is 5.90 Å². The van der Waals surface area contributed by atoms with E-state index >= 15 is 0 Å². The van der Waals surface area contributed by atoms with Gasteiger partial charge in [-0.3, -0.25) is 19.4 Å². The van der Waals surface area contributed by atoms with E-state index in [2.05, 4.69) is 24.0 Å². The number of amides is 3. The van der Waals surface area contributed by atoms with Gasteiger partial charge in [-0.05, 0) is 43.5 Å². The summed E-state index contributed by atoms with van der Waals surface area (Å²) in [6, 6.07) is 7.17. The number of likely N-dealkylation sites (N-methyl/N-ethyl adjacent to an activating group) is 1. The number of nitrogens with one attached hydrogen (secondary N) is 1. The van der Waals surface area contributed by atoms with Crippen LogP contribution in [0.3, 0.4) is 0 Å². The van der Waals surface area contributed by atoms with Crippen molar-refractivity contribution in [1.29, 1.82) is 0 Å². The third-order valence-corrected chi connectivity index (χ3v) is 6.08. The second kappa shape index (κ2) is 16.1. The fourth-order valence-electron chi connectivity index (χ4n) is 4.24. The standard InChI is InChI=1S/C16H28N4O3.C8H12N2O.C2H6/c1-5-6-13-16(23)18(8-7-12(2)3)9-14-19(11-21)17(4)10-15(22)20(13)14;1-10-6-7-2-4-8(11-9)5-3-7;1-2/h11-14H,5-10H2,1-4H3;2-5,10H,6,9H2,1H3;1-2H3/t13-,14?;;/m0../s1. The molecule has 10 nitrogen and oxygen atoms in total. The Bertz CT molecular complexity index is 804. The molecule has 2 fully saturated rings. The fourth-order valence-corrected chi connectivity index (χ4v) is 4.24. The van der Waals surface area contributed by atoms with E-state index in [9.17, 15) is 14.4 Å². The summed E-state index contributed by atoms with van der Waals surface area (Å²) < 4.78 is 0. The maximum absolute atomic E-state index is 12.8. The Morgan fingerprint density at radius 3 is 2.33 bits per heavy atom. The molecule has 0 aliphatic carbocycles. The predicted octanol–water partition coefficient (Wildman–Crippen LogP) is 2.20. The Kier molecular flexibility index (Phi) is 14.0. The molecule has 1 unspecified atom stereocenters. The molecule has 1 aromatic rings. The van der Waals surface area contributed by atoms with Gasteiger partial charge in [0.15, 0.2) is 0 Å². The predicted molar refractivity (Wildman–Crippen MR) is 141 cm³/mol. The van der Waals surface area contributed by atoms with E-state index < -0.39 is 6.04 Å². The lowest BCUT2D eigenvalue weighted by molar-refractivity contribution is -0.196. The van der Waals surface area contributed by atoms with Crippen molar-refractivity contribution >= 4 is 18.2 Å². The smallest absolute Gasteiger partial charge is 0.245 e. The molecule has 2 saturated heterocycles. The third kappa shape index (κ3) is 8.46. The molecule has 10 heteroatoms. The van der Waals surface area contributed by atoms with Gasteiger partial charge in [-0.1, -0.05) is 53.2 Å². The van der Waals surface area contributed by atoms with E-state index in [1.54, 1.807) is 22.0 Å². The topological polar surface area (TPSA) is 111 Å². The van der Waals surface area contributed by atoms with Crippen molar-refractivity contribution in [3.8, 4) is 5.75 Å². The second-order valence-corrected chi connectivity index (χ2v) is 9.15. The van der Waals surface area contributed by atoms with Crippen LogP contribution in [-0.2, 0) is 20.9 Å². The van der Waals surface area contributed by atoms with Gasteiger partial charge < -0.3 is 20.0 Å². The number of piperazine rings is 1. The van der Waals surface area contributed by atoms with Gasteiger partial charge in [0.25, 0.3) is 0 Å². The highest BCUT2D eigenvalue weighted by atomic mass is 16.6. The van der Waals surface area contributed by atoms with Crippen LogP contribution < -0.4 is 16.1 Å². The summed E-state index contributed by atoms with van der Waals surface area (Å²) in [6.45, 7) is 12.3. The zero-order chi connectivity index (χ0) is 27.3. The summed E-state index contributed by atoms with van der Waals surface area (Å²) in [5.74, 6) is 6.09. The monoisotopic (exact) mass is 506 g/mol. The van der Waals surface area contributed by atoms with Gasteiger partial charge in [0, 0.05) is 20.1 Å². The molecule has 0 spiro atoms. The van der Waals surface area contributed by atoms with Crippen molar-refractivity contribution in [3.05, 3.63) is 29.8 Å². The number of hydrazine groups is 1. The molecule has 0 saturated carbocycles. The molecule has 0 radical (unpaired) electrons. The Morgan fingerprint density at radius 1 is 1.19 bits per heavy atom. The van der Waals surface area contributed by atoms with E-state index in [4.69, 9.17) is 5.90 Å². The van der Waals surface area contributed by atoms with Gasteiger partial charge in [0.05, 0.1) is 13.1 Å². The molecule has 3 N–H and O–H groups in total. The number of fused-ring (bicyclic) bond motifs is 1. The minimum atomic E-state index is -0.449. The normalized spacial score (nSPS) is 19.8. The molecular formula is C26H46N6O4. The summed E-state index contributed by atoms with van der Waals surface area (Å²) >= 11 is 0. The van der Waals surface area contributed by atoms with Gasteiger partial charge in [-0.15, -0.1) is 0 Å². The highest BCUT2D eigenvalue weighted by Crippen LogP contribution is 2.27. The van der Waals surface area contributed by atoms with E-state index in [1.807, 2.05) is 57.0 Å². The Labute approximate surface area is 216 Å². The third-order valence-electron chi connectivity index (χ3n) is 6.08. The van der Waals surface area contributed by atoms with Crippen molar-refractivity contribution in [2.75, 3.05) is 33.7 Å². The van der Waals surface area contributed by atoms with E-state index in [0.29, 0.717) is 31.2 Å². The summed E-state index contributed by atoms with van der Waals surface area (Å²) in [4.78, 5) is 44.8. The zero-order valence-electron chi connectivity index (χ0n) is 23.1. The van der Waals surface area contributed by atoms with Crippen molar-refractivity contribution in [1.82, 2.24) is 25.1 Å². The van der Waals surface area contributed by atoms with Crippen LogP contribution in [0, 0.1) is 5.92 Å². The molecular weight excluding hydrogens is 460 g/mol. The summed E-state index contributed by atoms with van der Waals surface area (Å²) in [5, 5.41) is 6.22. The molecule has 2 atom stereocenters. The summed E-state index contributed by atoms with van der Waals surface area (Å²) in [5.41, 5.74) is 1.22. The number of carbonyl (C=O) groups excluding carboxylic acids is 3. The molecule has 3 amide bonds. The SMILES string of the molecule is CC.CCC[C@H]1C(=O)N(CCC(C)C)CC2N1C(=O)CN(C)N2C=O.CNCc1ccc(ON)cc1. The molecule has 1 aromatic carbocycles. The van der Waals surface area contributed by atoms with Crippen LogP contribution in [0.25, 0.3) is 0 Å². The quantitative estimate of drug-likeness (QED) is 0.390. The highest BCUT2D eigenvalue weighted by Gasteiger charge is 2.48. The molecule has 36 heavy (non-hydrogen) atoms. The van der Waals surface area contributed by atoms with Crippen LogP contribution in [0.2, 0.25) is 0 Å². The first-order valence-corrected chi connectivity index (χ1v) is 12.9. The minimum Gasteiger partial charge on any atom is -0.412 e. The second-order valence-electron chi connectivity index (χ2n) is 9.15. The van der Waals surface area contributed by atoms with Crippen LogP contribution in [0.4, 0.5) is 0 Å². The molecule has 0 bridgehead atoms. The number of nitrogens with zero attached hydrogens (tertiary/aromatic N) is 4. The molecule has 2 aliphatic rings. The largest absolute Gasteiger partial charge is 0.412 e. The fraction of sp³-hybridized carbons (Fsp3) is 0.654. The average molecular weight is 507 g/mol. The molecule has 2 aliphatic heterocycles. The number of hydrogen-bond acceptors (Lipinski definition) is 7. The number of carbonyl (C=O) groups is 3. The number of hydrogen-bond donors (Lipinski definition) is 2. The molecule has 3 rings (SSSR count). The first-order valence-electron chi connectivity index (χ1n) is 12.9. The van der Waals surface area contributed by atoms with Crippen molar-refractivity contribution in [3.63, 3.8) is 0 Å². The van der Waals surface area contributed by atoms with E-state index in [-0.39, 0.29) is 24.5 Å². The zero-order valence-corrected chi connectivity index (χ0v) is 23.1. The molecule has 2 heterocycles. The van der Waals surface area contributed by atoms with Crippen molar-refractivity contribution in [2.45, 2.75) is 72.6 Å². The summed E-state index contributed by atoms with van der Waals surface area (Å²) in [6.07, 6.45) is 2.74. The van der Waals surface area contributed by atoms with E-state index in [1.165, 1.54) is 5.56 Å². The molecule has 0 aromatic heterocycles. The molecule has 204 valence electrons.